The largest absolute Gasteiger partial charge is 0.309 e. The van der Waals surface area contributed by atoms with Gasteiger partial charge in [0, 0.05) is 28.9 Å². The van der Waals surface area contributed by atoms with E-state index in [4.69, 9.17) is 0 Å². The summed E-state index contributed by atoms with van der Waals surface area (Å²) < 4.78 is 12.9. The lowest BCUT2D eigenvalue weighted by Gasteiger charge is -2.09. The van der Waals surface area contributed by atoms with Gasteiger partial charge in [-0.15, -0.1) is 5.10 Å². The maximum atomic E-state index is 11.3. The Labute approximate surface area is 114 Å². The quantitative estimate of drug-likeness (QED) is 0.834. The molecule has 6 nitrogen and oxygen atoms in total. The van der Waals surface area contributed by atoms with Crippen LogP contribution in [0.25, 0.3) is 5.69 Å². The van der Waals surface area contributed by atoms with Crippen molar-refractivity contribution in [3.05, 3.63) is 36.2 Å². The third-order valence-corrected chi connectivity index (χ3v) is 4.12. The van der Waals surface area contributed by atoms with Gasteiger partial charge >= 0.3 is 0 Å². The molecule has 2 atom stereocenters. The second-order valence-electron chi connectivity index (χ2n) is 4.28. The Morgan fingerprint density at radius 2 is 2.11 bits per heavy atom. The fourth-order valence-corrected chi connectivity index (χ4v) is 1.94. The Kier molecular flexibility index (Phi) is 4.75. The Hall–Kier alpha value is -1.60. The molecule has 19 heavy (non-hydrogen) atoms. The Morgan fingerprint density at radius 1 is 1.37 bits per heavy atom. The van der Waals surface area contributed by atoms with Crippen molar-refractivity contribution in [3.63, 3.8) is 0 Å². The van der Waals surface area contributed by atoms with Crippen LogP contribution in [-0.4, -0.2) is 42.5 Å². The summed E-state index contributed by atoms with van der Waals surface area (Å²) in [6.07, 6.45) is 1.71. The third kappa shape index (κ3) is 3.68. The number of nitrogens with zero attached hydrogens (tertiary/aromatic N) is 4. The van der Waals surface area contributed by atoms with Gasteiger partial charge in [0.25, 0.3) is 0 Å². The first-order valence-corrected chi connectivity index (χ1v) is 7.66. The fraction of sp³-hybridized carbons (Fsp3) is 0.417. The van der Waals surface area contributed by atoms with Gasteiger partial charge in [-0.25, -0.2) is 0 Å². The molecule has 2 aromatic rings. The first kappa shape index (κ1) is 13.8. The standard InChI is InChI=1S/C12H17N5OS/c1-10(19(2)18)8-13-9-12-14-15-16-17(12)11-6-4-3-5-7-11/h3-7,10,13H,8-9H2,1-2H3. The van der Waals surface area contributed by atoms with E-state index in [0.29, 0.717) is 13.1 Å². The van der Waals surface area contributed by atoms with E-state index in [-0.39, 0.29) is 5.25 Å². The van der Waals surface area contributed by atoms with Gasteiger partial charge in [0.2, 0.25) is 0 Å². The zero-order valence-corrected chi connectivity index (χ0v) is 11.8. The molecule has 7 heteroatoms. The molecule has 1 N–H and O–H groups in total. The lowest BCUT2D eigenvalue weighted by atomic mass is 10.3. The van der Waals surface area contributed by atoms with Crippen LogP contribution in [0.4, 0.5) is 0 Å². The fourth-order valence-electron chi connectivity index (χ4n) is 1.59. The summed E-state index contributed by atoms with van der Waals surface area (Å²) in [6, 6.07) is 9.73. The highest BCUT2D eigenvalue weighted by molar-refractivity contribution is 7.84. The van der Waals surface area contributed by atoms with E-state index in [9.17, 15) is 4.21 Å². The van der Waals surface area contributed by atoms with E-state index in [1.807, 2.05) is 37.3 Å². The Morgan fingerprint density at radius 3 is 2.79 bits per heavy atom. The van der Waals surface area contributed by atoms with Gasteiger partial charge in [-0.2, -0.15) is 4.68 Å². The number of para-hydroxylation sites is 1. The van der Waals surface area contributed by atoms with Crippen molar-refractivity contribution in [1.29, 1.82) is 0 Å². The van der Waals surface area contributed by atoms with Crippen LogP contribution in [0.1, 0.15) is 12.7 Å². The van der Waals surface area contributed by atoms with Crippen molar-refractivity contribution in [1.82, 2.24) is 25.5 Å². The molecule has 102 valence electrons. The first-order chi connectivity index (χ1) is 9.18. The smallest absolute Gasteiger partial charge is 0.170 e. The summed E-state index contributed by atoms with van der Waals surface area (Å²) in [5.74, 6) is 0.736. The predicted octanol–water partition coefficient (Wildman–Crippen LogP) is 0.519. The van der Waals surface area contributed by atoms with Gasteiger partial charge in [-0.1, -0.05) is 18.2 Å². The maximum Gasteiger partial charge on any atom is 0.170 e. The molecule has 1 aromatic carbocycles. The minimum Gasteiger partial charge on any atom is -0.309 e. The number of hydrogen-bond acceptors (Lipinski definition) is 5. The summed E-state index contributed by atoms with van der Waals surface area (Å²) in [5.41, 5.74) is 0.927. The van der Waals surface area contributed by atoms with Crippen LogP contribution in [-0.2, 0) is 17.3 Å². The number of tetrazole rings is 1. The van der Waals surface area contributed by atoms with Crippen LogP contribution < -0.4 is 5.32 Å². The van der Waals surface area contributed by atoms with Crippen LogP contribution in [0.15, 0.2) is 30.3 Å². The van der Waals surface area contributed by atoms with E-state index in [2.05, 4.69) is 20.8 Å². The van der Waals surface area contributed by atoms with Crippen LogP contribution >= 0.6 is 0 Å². The molecule has 0 aliphatic carbocycles. The van der Waals surface area contributed by atoms with E-state index in [1.165, 1.54) is 0 Å². The van der Waals surface area contributed by atoms with E-state index < -0.39 is 10.8 Å². The average Bonchev–Trinajstić information content (AvgIpc) is 2.88. The molecule has 0 fully saturated rings. The van der Waals surface area contributed by atoms with Crippen molar-refractivity contribution < 1.29 is 4.21 Å². The average molecular weight is 279 g/mol. The topological polar surface area (TPSA) is 72.7 Å². The highest BCUT2D eigenvalue weighted by Gasteiger charge is 2.09. The molecular weight excluding hydrogens is 262 g/mol. The third-order valence-electron chi connectivity index (χ3n) is 2.82. The molecule has 0 bridgehead atoms. The van der Waals surface area contributed by atoms with Crippen molar-refractivity contribution in [2.45, 2.75) is 18.7 Å². The van der Waals surface area contributed by atoms with Crippen molar-refractivity contribution in [3.8, 4) is 5.69 Å². The zero-order chi connectivity index (χ0) is 13.7. The van der Waals surface area contributed by atoms with Gasteiger partial charge in [-0.05, 0) is 29.5 Å². The first-order valence-electron chi connectivity index (χ1n) is 6.04. The highest BCUT2D eigenvalue weighted by atomic mass is 32.2. The van der Waals surface area contributed by atoms with Crippen molar-refractivity contribution in [2.75, 3.05) is 12.8 Å². The second-order valence-corrected chi connectivity index (χ2v) is 6.08. The predicted molar refractivity (Wildman–Crippen MR) is 74.4 cm³/mol. The molecular formula is C12H17N5OS. The summed E-state index contributed by atoms with van der Waals surface area (Å²) in [6.45, 7) is 3.16. The molecule has 0 spiro atoms. The van der Waals surface area contributed by atoms with Crippen molar-refractivity contribution in [2.24, 2.45) is 0 Å². The number of nitrogens with one attached hydrogen (secondary N) is 1. The van der Waals surface area contributed by atoms with Gasteiger partial charge < -0.3 is 5.32 Å². The van der Waals surface area contributed by atoms with Crippen LogP contribution in [0.2, 0.25) is 0 Å². The molecule has 0 amide bonds. The molecule has 0 saturated carbocycles. The molecule has 0 saturated heterocycles. The second kappa shape index (κ2) is 6.53. The van der Waals surface area contributed by atoms with Crippen LogP contribution in [0.5, 0.6) is 0 Å². The molecule has 0 aliphatic heterocycles. The highest BCUT2D eigenvalue weighted by Crippen LogP contribution is 2.06. The van der Waals surface area contributed by atoms with Crippen LogP contribution in [0, 0.1) is 0 Å². The van der Waals surface area contributed by atoms with Crippen molar-refractivity contribution >= 4 is 10.8 Å². The van der Waals surface area contributed by atoms with Gasteiger partial charge in [0.1, 0.15) is 0 Å². The molecule has 2 rings (SSSR count). The summed E-state index contributed by atoms with van der Waals surface area (Å²) in [7, 11) is -0.821. The van der Waals surface area contributed by atoms with Gasteiger partial charge in [-0.3, -0.25) is 4.21 Å². The normalized spacial score (nSPS) is 14.2. The van der Waals surface area contributed by atoms with E-state index in [1.54, 1.807) is 10.9 Å². The van der Waals surface area contributed by atoms with E-state index in [0.717, 1.165) is 11.5 Å². The summed E-state index contributed by atoms with van der Waals surface area (Å²) in [4.78, 5) is 0. The molecule has 1 heterocycles. The minimum atomic E-state index is -0.821. The Bertz CT molecular complexity index is 542. The lowest BCUT2D eigenvalue weighted by molar-refractivity contribution is 0.623. The molecule has 0 aliphatic rings. The van der Waals surface area contributed by atoms with E-state index >= 15 is 0 Å². The number of rotatable bonds is 6. The Balaban J connectivity index is 1.99. The number of hydrogen-bond donors (Lipinski definition) is 1. The number of aromatic nitrogens is 4. The van der Waals surface area contributed by atoms with Gasteiger partial charge in [0.15, 0.2) is 5.82 Å². The lowest BCUT2D eigenvalue weighted by Crippen LogP contribution is -2.28. The summed E-state index contributed by atoms with van der Waals surface area (Å²) in [5, 5.41) is 15.0. The summed E-state index contributed by atoms with van der Waals surface area (Å²) >= 11 is 0. The molecule has 1 aromatic heterocycles. The number of benzene rings is 1. The monoisotopic (exact) mass is 279 g/mol. The molecule has 0 radical (unpaired) electrons. The van der Waals surface area contributed by atoms with Gasteiger partial charge in [0.05, 0.1) is 12.2 Å². The zero-order valence-electron chi connectivity index (χ0n) is 11.0. The molecule has 2 unspecified atom stereocenters. The maximum absolute atomic E-state index is 11.3. The van der Waals surface area contributed by atoms with Crippen LogP contribution in [0.3, 0.4) is 0 Å². The minimum absolute atomic E-state index is 0.112. The SMILES string of the molecule is CC(CNCc1nnnn1-c1ccccc1)S(C)=O.